The van der Waals surface area contributed by atoms with Crippen molar-refractivity contribution >= 4 is 17.5 Å². The number of halogens is 2. The molecule has 0 aliphatic carbocycles. The lowest BCUT2D eigenvalue weighted by Gasteiger charge is -2.35. The number of carbonyl (C=O) groups is 2. The molecule has 2 amide bonds. The number of H-pyrrole nitrogens is 1. The third-order valence-electron chi connectivity index (χ3n) is 6.10. The third kappa shape index (κ3) is 5.79. The first kappa shape index (κ1) is 29.0. The first-order valence-corrected chi connectivity index (χ1v) is 11.5. The summed E-state index contributed by atoms with van der Waals surface area (Å²) in [5, 5.41) is 33.6. The molecule has 8 atom stereocenters. The van der Waals surface area contributed by atoms with Gasteiger partial charge in [-0.1, -0.05) is 0 Å². The molecule has 2 aromatic rings. The Morgan fingerprint density at radius 2 is 1.88 bits per heavy atom. The number of amides is 2. The monoisotopic (exact) mass is 570 g/mol. The van der Waals surface area contributed by atoms with Gasteiger partial charge in [0.05, 0.1) is 0 Å². The number of rotatable bonds is 8. The van der Waals surface area contributed by atoms with Crippen molar-refractivity contribution in [3.8, 4) is 0 Å². The number of benzene rings is 1. The average Bonchev–Trinajstić information content (AvgIpc) is 3.22. The van der Waals surface area contributed by atoms with Gasteiger partial charge in [-0.05, 0) is 18.2 Å². The number of nitrogens with two attached hydrogens (primary N) is 1. The number of aromatic amines is 1. The Kier molecular flexibility index (Phi) is 8.43. The molecular formula is C23H24F2N4O11. The number of nitrogens with one attached hydrogen (secondary N) is 2. The summed E-state index contributed by atoms with van der Waals surface area (Å²) >= 11 is 0. The summed E-state index contributed by atoms with van der Waals surface area (Å²) in [4.78, 5) is 50.6. The maximum atomic E-state index is 13.5. The van der Waals surface area contributed by atoms with Crippen LogP contribution in [0.1, 0.15) is 6.23 Å². The minimum atomic E-state index is -1.92. The highest BCUT2D eigenvalue weighted by Crippen LogP contribution is 2.34. The molecule has 0 bridgehead atoms. The second-order valence-electron chi connectivity index (χ2n) is 8.74. The molecule has 7 N–H and O–H groups in total. The van der Waals surface area contributed by atoms with E-state index in [9.17, 15) is 43.3 Å². The largest absolute Gasteiger partial charge is 0.456 e. The molecule has 1 aromatic carbocycles. The number of primary amides is 1. The summed E-state index contributed by atoms with van der Waals surface area (Å²) in [7, 11) is 1.15. The van der Waals surface area contributed by atoms with E-state index in [4.69, 9.17) is 24.7 Å². The van der Waals surface area contributed by atoms with Crippen molar-refractivity contribution in [2.24, 2.45) is 5.73 Å². The lowest BCUT2D eigenvalue weighted by molar-refractivity contribution is -0.241. The topological polar surface area (TPSA) is 225 Å². The number of aliphatic hydroxyl groups excluding tert-OH is 3. The van der Waals surface area contributed by atoms with Crippen LogP contribution in [0.2, 0.25) is 0 Å². The van der Waals surface area contributed by atoms with Gasteiger partial charge in [-0.3, -0.25) is 23.9 Å². The molecule has 0 unspecified atom stereocenters. The lowest BCUT2D eigenvalue weighted by Crippen LogP contribution is -2.53. The van der Waals surface area contributed by atoms with Crippen molar-refractivity contribution in [3.63, 3.8) is 0 Å². The molecule has 1 aromatic heterocycles. The van der Waals surface area contributed by atoms with Crippen LogP contribution in [0.25, 0.3) is 0 Å². The van der Waals surface area contributed by atoms with Crippen LogP contribution >= 0.6 is 0 Å². The van der Waals surface area contributed by atoms with E-state index in [1.165, 1.54) is 0 Å². The second-order valence-corrected chi connectivity index (χ2v) is 8.74. The molecule has 1 saturated heterocycles. The summed E-state index contributed by atoms with van der Waals surface area (Å²) in [6.07, 6.45) is -11.5. The number of nitrogens with zero attached hydrogens (tertiary/aromatic N) is 1. The summed E-state index contributed by atoms with van der Waals surface area (Å²) in [5.41, 5.74) is 3.65. The number of aliphatic hydroxyl groups is 3. The number of carbonyl (C=O) groups excluding carboxylic acids is 2. The molecular weight excluding hydrogens is 546 g/mol. The Morgan fingerprint density at radius 3 is 2.50 bits per heavy atom. The molecule has 17 heteroatoms. The maximum Gasteiger partial charge on any atom is 0.330 e. The Balaban J connectivity index is 1.54. The minimum absolute atomic E-state index is 0.165. The number of anilines is 1. The van der Waals surface area contributed by atoms with Gasteiger partial charge in [0, 0.05) is 31.1 Å². The predicted octanol–water partition coefficient (Wildman–Crippen LogP) is -2.44. The number of hydrogen-bond acceptors (Lipinski definition) is 11. The van der Waals surface area contributed by atoms with Crippen molar-refractivity contribution in [2.45, 2.75) is 49.1 Å². The van der Waals surface area contributed by atoms with E-state index >= 15 is 0 Å². The van der Waals surface area contributed by atoms with E-state index in [1.54, 1.807) is 0 Å². The first-order chi connectivity index (χ1) is 18.9. The van der Waals surface area contributed by atoms with Crippen molar-refractivity contribution in [3.05, 3.63) is 74.8 Å². The van der Waals surface area contributed by atoms with Gasteiger partial charge in [0.1, 0.15) is 30.5 Å². The minimum Gasteiger partial charge on any atom is -0.456 e. The van der Waals surface area contributed by atoms with Crippen LogP contribution in [-0.2, 0) is 28.5 Å². The summed E-state index contributed by atoms with van der Waals surface area (Å²) in [6, 6.07) is 3.50. The number of ether oxygens (including phenoxy) is 4. The summed E-state index contributed by atoms with van der Waals surface area (Å²) in [6.45, 7) is 0. The van der Waals surface area contributed by atoms with Crippen LogP contribution in [0.4, 0.5) is 14.5 Å². The molecule has 15 nitrogen and oxygen atoms in total. The molecule has 0 spiro atoms. The molecule has 1 fully saturated rings. The molecule has 2 aliphatic heterocycles. The van der Waals surface area contributed by atoms with Crippen LogP contribution in [0.3, 0.4) is 0 Å². The molecule has 2 aliphatic rings. The van der Waals surface area contributed by atoms with Gasteiger partial charge < -0.3 is 45.3 Å². The zero-order chi connectivity index (χ0) is 29.3. The second kappa shape index (κ2) is 11.6. The van der Waals surface area contributed by atoms with E-state index in [2.05, 4.69) is 5.32 Å². The van der Waals surface area contributed by atoms with Crippen LogP contribution in [0, 0.1) is 11.6 Å². The number of hydrogen-bond donors (Lipinski definition) is 6. The molecule has 0 radical (unpaired) electrons. The van der Waals surface area contributed by atoms with Gasteiger partial charge in [0.15, 0.2) is 29.7 Å². The van der Waals surface area contributed by atoms with E-state index in [1.807, 2.05) is 4.98 Å². The smallest absolute Gasteiger partial charge is 0.330 e. The van der Waals surface area contributed by atoms with Gasteiger partial charge in [0.2, 0.25) is 12.2 Å². The van der Waals surface area contributed by atoms with Gasteiger partial charge in [-0.15, -0.1) is 0 Å². The van der Waals surface area contributed by atoms with Crippen LogP contribution in [0.5, 0.6) is 0 Å². The van der Waals surface area contributed by atoms with Gasteiger partial charge >= 0.3 is 5.69 Å². The average molecular weight is 570 g/mol. The Morgan fingerprint density at radius 1 is 1.15 bits per heavy atom. The number of aromatic nitrogens is 2. The summed E-state index contributed by atoms with van der Waals surface area (Å²) in [5.74, 6) is -5.28. The molecule has 216 valence electrons. The highest BCUT2D eigenvalue weighted by Gasteiger charge is 2.52. The normalized spacial score (nSPS) is 28.9. The van der Waals surface area contributed by atoms with Gasteiger partial charge in [0.25, 0.3) is 11.5 Å². The van der Waals surface area contributed by atoms with Crippen molar-refractivity contribution < 1.29 is 52.6 Å². The fourth-order valence-electron chi connectivity index (χ4n) is 4.15. The fraction of sp³-hybridized carbons (Fsp3) is 0.391. The van der Waals surface area contributed by atoms with E-state index in [0.717, 1.165) is 42.1 Å². The highest BCUT2D eigenvalue weighted by atomic mass is 19.2. The lowest BCUT2D eigenvalue weighted by atomic mass is 10.0. The van der Waals surface area contributed by atoms with Crippen LogP contribution < -0.4 is 22.3 Å². The van der Waals surface area contributed by atoms with Crippen molar-refractivity contribution in [1.82, 2.24) is 9.55 Å². The van der Waals surface area contributed by atoms with Gasteiger partial charge in [-0.2, -0.15) is 0 Å². The van der Waals surface area contributed by atoms with Crippen LogP contribution in [-0.4, -0.2) is 86.7 Å². The van der Waals surface area contributed by atoms with E-state index < -0.39 is 89.6 Å². The zero-order valence-corrected chi connectivity index (χ0v) is 20.5. The van der Waals surface area contributed by atoms with E-state index in [-0.39, 0.29) is 5.69 Å². The highest BCUT2D eigenvalue weighted by molar-refractivity contribution is 6.02. The first-order valence-electron chi connectivity index (χ1n) is 11.5. The van der Waals surface area contributed by atoms with Crippen molar-refractivity contribution in [1.29, 1.82) is 0 Å². The zero-order valence-electron chi connectivity index (χ0n) is 20.5. The Hall–Kier alpha value is -4.00. The maximum absolute atomic E-state index is 13.5. The Labute approximate surface area is 222 Å². The predicted molar refractivity (Wildman–Crippen MR) is 126 cm³/mol. The standard InChI is InChI=1S/C23H24F2N4O11/c1-37-16-15(33)21(29-5-4-13(31)28-23(29)36)39-17(16)18(19(26)34)40-22-14(32)11(30)7-12(38-22)20(35)27-8-2-3-9(24)10(25)6-8/h2-7,11,14-18,21-22,30,32-33H,1H3,(H2,26,34)(H,27,35)(H,28,31,36)/t11-,14-,15+,16-,17-,18+,21+,22+/m0/s1. The van der Waals surface area contributed by atoms with Crippen molar-refractivity contribution in [2.75, 3.05) is 12.4 Å². The molecule has 3 heterocycles. The molecule has 4 rings (SSSR count). The quantitative estimate of drug-likeness (QED) is 0.195. The van der Waals surface area contributed by atoms with Gasteiger partial charge in [-0.25, -0.2) is 13.6 Å². The van der Waals surface area contributed by atoms with Crippen LogP contribution in [0.15, 0.2) is 51.9 Å². The number of methoxy groups -OCH3 is 1. The molecule has 0 saturated carbocycles. The third-order valence-corrected chi connectivity index (χ3v) is 6.10. The van der Waals surface area contributed by atoms with E-state index in [0.29, 0.717) is 6.07 Å². The summed E-state index contributed by atoms with van der Waals surface area (Å²) < 4.78 is 49.2. The Bertz CT molecular complexity index is 1430. The SMILES string of the molecule is CO[C@H]1[C@@H](O)[C@H](n2ccc(=O)[nH]c2=O)O[C@@H]1[C@@H](O[C@H]1OC(C(=O)Nc2ccc(F)c(F)c2)=C[C@H](O)[C@@H]1O)C(N)=O. The molecule has 40 heavy (non-hydrogen) atoms. The fourth-order valence-corrected chi connectivity index (χ4v) is 4.15.